The van der Waals surface area contributed by atoms with Gasteiger partial charge in [0.2, 0.25) is 11.8 Å². The Bertz CT molecular complexity index is 2480. The van der Waals surface area contributed by atoms with E-state index in [0.717, 1.165) is 106 Å². The highest BCUT2D eigenvalue weighted by molar-refractivity contribution is 6.00. The van der Waals surface area contributed by atoms with Crippen molar-refractivity contribution in [3.05, 3.63) is 76.5 Å². The monoisotopic (exact) mass is 771 g/mol. The summed E-state index contributed by atoms with van der Waals surface area (Å²) < 4.78 is 4.92. The van der Waals surface area contributed by atoms with Crippen LogP contribution in [0.5, 0.6) is 0 Å². The van der Waals surface area contributed by atoms with Crippen LogP contribution in [-0.4, -0.2) is 98.7 Å². The van der Waals surface area contributed by atoms with E-state index in [4.69, 9.17) is 5.10 Å². The van der Waals surface area contributed by atoms with E-state index in [1.54, 1.807) is 26.9 Å². The molecule has 10 rings (SSSR count). The molecule has 1 atom stereocenters. The topological polar surface area (TPSA) is 154 Å². The van der Waals surface area contributed by atoms with Crippen LogP contribution in [0.2, 0.25) is 0 Å². The van der Waals surface area contributed by atoms with E-state index in [1.807, 2.05) is 19.2 Å². The molecule has 15 nitrogen and oxygen atoms in total. The summed E-state index contributed by atoms with van der Waals surface area (Å²) in [6, 6.07) is 16.3. The van der Waals surface area contributed by atoms with Crippen LogP contribution in [0.3, 0.4) is 0 Å². The number of anilines is 4. The van der Waals surface area contributed by atoms with E-state index in [2.05, 4.69) is 72.0 Å². The van der Waals surface area contributed by atoms with Crippen molar-refractivity contribution in [1.82, 2.24) is 39.3 Å². The van der Waals surface area contributed by atoms with Gasteiger partial charge in [0.05, 0.1) is 28.6 Å². The quantitative estimate of drug-likeness (QED) is 0.199. The van der Waals surface area contributed by atoms with Crippen LogP contribution in [0, 0.1) is 5.92 Å². The standard InChI is InChI=1S/C42H49N11O4/c1-43-29-22-35(47-53-34(23-44-38(29)53)40(56)45-27-10-11-27)51-25-42(28-6-3-4-7-30(28)51)16-20-49(21-17-42)24-26-14-18-50(19-15-26)31-8-5-9-32-37(31)48(2)41(57)52(32)33-12-13-36(54)46-39(33)55/h3-9,22-23,26-27,33,43H,10-21,24-25H2,1-2H3,(H,45,56)(H,46,54,55). The van der Waals surface area contributed by atoms with Gasteiger partial charge in [-0.15, -0.1) is 5.10 Å². The molecule has 1 unspecified atom stereocenters. The summed E-state index contributed by atoms with van der Waals surface area (Å²) in [7, 11) is 3.65. The van der Waals surface area contributed by atoms with Gasteiger partial charge >= 0.3 is 5.69 Å². The van der Waals surface area contributed by atoms with E-state index in [9.17, 15) is 19.2 Å². The van der Waals surface area contributed by atoms with Crippen LogP contribution in [0.15, 0.2) is 59.5 Å². The molecule has 4 aliphatic heterocycles. The van der Waals surface area contributed by atoms with Crippen LogP contribution in [0.25, 0.3) is 16.7 Å². The summed E-state index contributed by atoms with van der Waals surface area (Å²) in [6.07, 6.45) is 8.43. The Labute approximate surface area is 330 Å². The number of carbonyl (C=O) groups is 3. The van der Waals surface area contributed by atoms with Gasteiger partial charge in [0.25, 0.3) is 5.91 Å². The number of likely N-dealkylation sites (tertiary alicyclic amines) is 1. The number of rotatable bonds is 8. The lowest BCUT2D eigenvalue weighted by Gasteiger charge is -2.42. The van der Waals surface area contributed by atoms with Crippen LogP contribution in [-0.2, 0) is 22.1 Å². The second kappa shape index (κ2) is 13.7. The molecule has 5 aliphatic rings. The van der Waals surface area contributed by atoms with Gasteiger partial charge in [0.15, 0.2) is 17.2 Å². The van der Waals surface area contributed by atoms with Crippen LogP contribution >= 0.6 is 0 Å². The number of aryl methyl sites for hydroxylation is 1. The maximum Gasteiger partial charge on any atom is 0.329 e. The Morgan fingerprint density at radius 1 is 0.947 bits per heavy atom. The fourth-order valence-corrected chi connectivity index (χ4v) is 9.96. The largest absolute Gasteiger partial charge is 0.385 e. The van der Waals surface area contributed by atoms with Gasteiger partial charge in [-0.25, -0.2) is 14.3 Å². The first-order valence-electron chi connectivity index (χ1n) is 20.5. The number of carbonyl (C=O) groups excluding carboxylic acids is 3. The molecule has 1 spiro atoms. The summed E-state index contributed by atoms with van der Waals surface area (Å²) in [4.78, 5) is 63.2. The maximum atomic E-state index is 13.5. The van der Waals surface area contributed by atoms with Crippen molar-refractivity contribution in [1.29, 1.82) is 0 Å². The lowest BCUT2D eigenvalue weighted by atomic mass is 9.74. The summed E-state index contributed by atoms with van der Waals surface area (Å²) in [5.74, 6) is 0.532. The van der Waals surface area contributed by atoms with Crippen molar-refractivity contribution in [2.45, 2.75) is 68.9 Å². The number of amides is 3. The Balaban J connectivity index is 0.818. The van der Waals surface area contributed by atoms with Crippen molar-refractivity contribution >= 4 is 57.3 Å². The second-order valence-electron chi connectivity index (χ2n) is 16.7. The normalized spacial score (nSPS) is 21.4. The molecule has 2 aromatic carbocycles. The molecule has 3 aromatic heterocycles. The Morgan fingerprint density at radius 3 is 2.47 bits per heavy atom. The van der Waals surface area contributed by atoms with Gasteiger partial charge in [-0.2, -0.15) is 0 Å². The molecule has 3 N–H and O–H groups in total. The number of imidazole rings is 2. The van der Waals surface area contributed by atoms with Gasteiger partial charge in [-0.05, 0) is 87.7 Å². The molecule has 15 heteroatoms. The molecule has 57 heavy (non-hydrogen) atoms. The average Bonchev–Trinajstić information content (AvgIpc) is 3.76. The zero-order chi connectivity index (χ0) is 39.0. The molecule has 0 radical (unpaired) electrons. The van der Waals surface area contributed by atoms with Crippen LogP contribution in [0.1, 0.15) is 73.5 Å². The van der Waals surface area contributed by atoms with Crippen LogP contribution in [0.4, 0.5) is 22.9 Å². The first-order chi connectivity index (χ1) is 27.7. The van der Waals surface area contributed by atoms with E-state index in [1.165, 1.54) is 11.3 Å². The number of nitrogens with zero attached hydrogens (tertiary/aromatic N) is 8. The number of fused-ring (bicyclic) bond motifs is 4. The van der Waals surface area contributed by atoms with Crippen LogP contribution < -0.4 is 31.4 Å². The Morgan fingerprint density at radius 2 is 1.72 bits per heavy atom. The molecule has 4 fully saturated rings. The lowest BCUT2D eigenvalue weighted by Crippen LogP contribution is -2.47. The number of piperidine rings is 3. The lowest BCUT2D eigenvalue weighted by molar-refractivity contribution is -0.135. The van der Waals surface area contributed by atoms with Crippen molar-refractivity contribution in [2.75, 3.05) is 61.4 Å². The van der Waals surface area contributed by atoms with E-state index in [0.29, 0.717) is 23.7 Å². The first-order valence-corrected chi connectivity index (χ1v) is 20.5. The van der Waals surface area contributed by atoms with Gasteiger partial charge in [-0.1, -0.05) is 24.3 Å². The molecular weight excluding hydrogens is 723 g/mol. The minimum absolute atomic E-state index is 0.00682. The molecule has 3 amide bonds. The number of imide groups is 1. The predicted molar refractivity (Wildman–Crippen MR) is 217 cm³/mol. The molecular formula is C42H49N11O4. The average molecular weight is 772 g/mol. The third-order valence-corrected chi connectivity index (χ3v) is 13.3. The Hall–Kier alpha value is -5.70. The van der Waals surface area contributed by atoms with Crippen molar-refractivity contribution in [2.24, 2.45) is 13.0 Å². The predicted octanol–water partition coefficient (Wildman–Crippen LogP) is 3.70. The highest BCUT2D eigenvalue weighted by atomic mass is 16.2. The summed E-state index contributed by atoms with van der Waals surface area (Å²) in [5.41, 5.74) is 6.81. The number of hydrogen-bond acceptors (Lipinski definition) is 10. The molecule has 1 aliphatic carbocycles. The highest BCUT2D eigenvalue weighted by Gasteiger charge is 2.46. The summed E-state index contributed by atoms with van der Waals surface area (Å²) in [5, 5.41) is 13.8. The minimum atomic E-state index is -0.696. The number of para-hydroxylation sites is 2. The SMILES string of the molecule is CNc1cc(N2CC3(CCN(CC4CCN(c5cccc6c5n(C)c(=O)n6C5CCC(=O)NC5=O)CC4)CC3)c3ccccc32)nn2c(C(=O)NC3CC3)cnc12. The third-order valence-electron chi connectivity index (χ3n) is 13.3. The molecule has 5 aromatic rings. The zero-order valence-corrected chi connectivity index (χ0v) is 32.5. The summed E-state index contributed by atoms with van der Waals surface area (Å²) >= 11 is 0. The summed E-state index contributed by atoms with van der Waals surface area (Å²) in [6.45, 7) is 5.75. The fourth-order valence-electron chi connectivity index (χ4n) is 9.96. The minimum Gasteiger partial charge on any atom is -0.385 e. The van der Waals surface area contributed by atoms with Crippen molar-refractivity contribution < 1.29 is 14.4 Å². The van der Waals surface area contributed by atoms with Gasteiger partial charge in [-0.3, -0.25) is 28.8 Å². The molecule has 1 saturated carbocycles. The van der Waals surface area contributed by atoms with Crippen molar-refractivity contribution in [3.63, 3.8) is 0 Å². The Kier molecular flexibility index (Phi) is 8.61. The smallest absolute Gasteiger partial charge is 0.329 e. The van der Waals surface area contributed by atoms with E-state index in [-0.39, 0.29) is 35.4 Å². The van der Waals surface area contributed by atoms with Crippen molar-refractivity contribution in [3.8, 4) is 0 Å². The molecule has 3 saturated heterocycles. The van der Waals surface area contributed by atoms with Gasteiger partial charge in [0, 0.05) is 69.9 Å². The van der Waals surface area contributed by atoms with Gasteiger partial charge < -0.3 is 25.3 Å². The van der Waals surface area contributed by atoms with E-state index >= 15 is 0 Å². The maximum absolute atomic E-state index is 13.5. The molecule has 7 heterocycles. The number of nitrogens with one attached hydrogen (secondary N) is 3. The fraction of sp³-hybridized carbons (Fsp3) is 0.476. The van der Waals surface area contributed by atoms with E-state index < -0.39 is 11.9 Å². The highest BCUT2D eigenvalue weighted by Crippen LogP contribution is 2.49. The number of hydrogen-bond donors (Lipinski definition) is 3. The zero-order valence-electron chi connectivity index (χ0n) is 32.5. The second-order valence-corrected chi connectivity index (χ2v) is 16.7. The first kappa shape index (κ1) is 35.7. The number of aromatic nitrogens is 5. The number of benzene rings is 2. The molecule has 0 bridgehead atoms. The third kappa shape index (κ3) is 6.05. The molecule has 296 valence electrons. The van der Waals surface area contributed by atoms with Gasteiger partial charge in [0.1, 0.15) is 6.04 Å².